The number of rotatable bonds is 6. The fourth-order valence-electron chi connectivity index (χ4n) is 1.71. The van der Waals surface area contributed by atoms with Gasteiger partial charge in [0, 0.05) is 25.2 Å². The Bertz CT molecular complexity index is 330. The maximum absolute atomic E-state index is 5.02. The minimum atomic E-state index is 0.893. The van der Waals surface area contributed by atoms with Crippen LogP contribution in [-0.4, -0.2) is 33.4 Å². The third-order valence-electron chi connectivity index (χ3n) is 2.91. The molecule has 0 spiro atoms. The molecule has 1 aliphatic carbocycles. The molecule has 82 valence electrons. The first kappa shape index (κ1) is 10.6. The number of aromatic nitrogens is 2. The molecule has 15 heavy (non-hydrogen) atoms. The molecule has 3 nitrogen and oxygen atoms in total. The topological polar surface area (TPSA) is 31.9 Å². The van der Waals surface area contributed by atoms with Gasteiger partial charge in [-0.25, -0.2) is 4.98 Å². The van der Waals surface area contributed by atoms with Crippen LogP contribution < -0.4 is 0 Å². The number of nitrogens with zero attached hydrogens (tertiary/aromatic N) is 2. The second kappa shape index (κ2) is 4.75. The summed E-state index contributed by atoms with van der Waals surface area (Å²) in [6, 6.07) is 0. The van der Waals surface area contributed by atoms with Gasteiger partial charge in [-0.1, -0.05) is 12.2 Å². The first-order valence-electron chi connectivity index (χ1n) is 5.48. The minimum Gasteiger partial charge on any atom is -0.368 e. The number of H-pyrrole nitrogens is 1. The largest absolute Gasteiger partial charge is 0.368 e. The highest BCUT2D eigenvalue weighted by molar-refractivity contribution is 7.78. The van der Waals surface area contributed by atoms with Crippen molar-refractivity contribution in [1.82, 2.24) is 14.9 Å². The van der Waals surface area contributed by atoms with E-state index in [0.717, 1.165) is 31.1 Å². The molecule has 1 saturated carbocycles. The van der Waals surface area contributed by atoms with Crippen LogP contribution in [0.4, 0.5) is 0 Å². The van der Waals surface area contributed by atoms with Crippen LogP contribution in [0.25, 0.3) is 0 Å². The zero-order valence-electron chi connectivity index (χ0n) is 9.07. The molecule has 1 aliphatic rings. The smallest absolute Gasteiger partial charge is 0.0925 e. The average Bonchev–Trinajstić information content (AvgIpc) is 2.96. The molecular formula is C11H17N3S. The predicted octanol–water partition coefficient (Wildman–Crippen LogP) is 1.93. The van der Waals surface area contributed by atoms with E-state index in [0.29, 0.717) is 0 Å². The number of thiocarbonyl (C=S) groups is 1. The van der Waals surface area contributed by atoms with Crippen LogP contribution in [-0.2, 0) is 6.42 Å². The first-order valence-corrected chi connectivity index (χ1v) is 5.95. The van der Waals surface area contributed by atoms with Crippen LogP contribution in [0.5, 0.6) is 0 Å². The highest BCUT2D eigenvalue weighted by Crippen LogP contribution is 2.29. The lowest BCUT2D eigenvalue weighted by Crippen LogP contribution is -2.26. The second-order valence-corrected chi connectivity index (χ2v) is 4.48. The summed E-state index contributed by atoms with van der Waals surface area (Å²) in [5.74, 6) is 0.893. The normalized spacial score (nSPS) is 15.3. The average molecular weight is 223 g/mol. The zero-order chi connectivity index (χ0) is 10.7. The zero-order valence-corrected chi connectivity index (χ0v) is 9.89. The van der Waals surface area contributed by atoms with Crippen molar-refractivity contribution >= 4 is 17.7 Å². The maximum atomic E-state index is 5.02. The molecular weight excluding hydrogens is 206 g/mol. The van der Waals surface area contributed by atoms with Crippen LogP contribution in [0.2, 0.25) is 0 Å². The molecule has 0 aromatic carbocycles. The van der Waals surface area contributed by atoms with Gasteiger partial charge in [-0.3, -0.25) is 0 Å². The summed E-state index contributed by atoms with van der Waals surface area (Å²) in [4.78, 5) is 9.62. The standard InChI is InChI=1S/C11H17N3S/c1-9-11(13-7-12-9)4-5-14(8-15)6-10-2-3-10/h7-8,10H,2-6H2,1H3,(H,12,13). The number of nitrogens with one attached hydrogen (secondary N) is 1. The van der Waals surface area contributed by atoms with Gasteiger partial charge >= 0.3 is 0 Å². The molecule has 0 atom stereocenters. The van der Waals surface area contributed by atoms with Crippen molar-refractivity contribution < 1.29 is 0 Å². The summed E-state index contributed by atoms with van der Waals surface area (Å²) in [6.45, 7) is 4.18. The molecule has 1 aromatic heterocycles. The van der Waals surface area contributed by atoms with Crippen LogP contribution in [0.15, 0.2) is 6.33 Å². The summed E-state index contributed by atoms with van der Waals surface area (Å²) in [6.07, 6.45) is 5.49. The highest BCUT2D eigenvalue weighted by Gasteiger charge is 2.23. The second-order valence-electron chi connectivity index (χ2n) is 4.27. The lowest BCUT2D eigenvalue weighted by Gasteiger charge is -2.18. The van der Waals surface area contributed by atoms with E-state index in [9.17, 15) is 0 Å². The quantitative estimate of drug-likeness (QED) is 0.748. The van der Waals surface area contributed by atoms with E-state index in [2.05, 4.69) is 21.8 Å². The molecule has 0 aliphatic heterocycles. The van der Waals surface area contributed by atoms with Gasteiger partial charge in [-0.05, 0) is 25.7 Å². The van der Waals surface area contributed by atoms with Gasteiger partial charge in [-0.15, -0.1) is 0 Å². The lowest BCUT2D eigenvalue weighted by atomic mass is 10.2. The van der Waals surface area contributed by atoms with Crippen molar-refractivity contribution in [3.8, 4) is 0 Å². The van der Waals surface area contributed by atoms with Crippen molar-refractivity contribution in [1.29, 1.82) is 0 Å². The molecule has 1 N–H and O–H groups in total. The molecule has 0 bridgehead atoms. The van der Waals surface area contributed by atoms with E-state index in [1.165, 1.54) is 18.5 Å². The fourth-order valence-corrected chi connectivity index (χ4v) is 1.90. The van der Waals surface area contributed by atoms with Gasteiger partial charge in [0.1, 0.15) is 0 Å². The van der Waals surface area contributed by atoms with Gasteiger partial charge in [0.2, 0.25) is 0 Å². The SMILES string of the molecule is Cc1[nH]cnc1CCN(C=S)CC1CC1. The number of aromatic amines is 1. The van der Waals surface area contributed by atoms with Gasteiger partial charge < -0.3 is 9.88 Å². The van der Waals surface area contributed by atoms with Crippen molar-refractivity contribution in [3.05, 3.63) is 17.7 Å². The van der Waals surface area contributed by atoms with Gasteiger partial charge in [0.25, 0.3) is 0 Å². The van der Waals surface area contributed by atoms with Crippen LogP contribution >= 0.6 is 12.2 Å². The minimum absolute atomic E-state index is 0.893. The Morgan fingerprint density at radius 1 is 1.67 bits per heavy atom. The van der Waals surface area contributed by atoms with E-state index in [4.69, 9.17) is 12.2 Å². The van der Waals surface area contributed by atoms with Crippen molar-refractivity contribution in [2.45, 2.75) is 26.2 Å². The monoisotopic (exact) mass is 223 g/mol. The van der Waals surface area contributed by atoms with Crippen LogP contribution in [0.3, 0.4) is 0 Å². The molecule has 0 saturated heterocycles. The maximum Gasteiger partial charge on any atom is 0.0925 e. The van der Waals surface area contributed by atoms with Gasteiger partial charge in [-0.2, -0.15) is 0 Å². The summed E-state index contributed by atoms with van der Waals surface area (Å²) in [7, 11) is 0. The van der Waals surface area contributed by atoms with Gasteiger partial charge in [0.05, 0.1) is 17.5 Å². The molecule has 1 heterocycles. The molecule has 1 fully saturated rings. The number of aryl methyl sites for hydroxylation is 1. The molecule has 0 unspecified atom stereocenters. The molecule has 1 aromatic rings. The number of hydrogen-bond acceptors (Lipinski definition) is 2. The van der Waals surface area contributed by atoms with E-state index >= 15 is 0 Å². The van der Waals surface area contributed by atoms with E-state index in [1.807, 2.05) is 0 Å². The number of imidazole rings is 1. The Morgan fingerprint density at radius 3 is 3.00 bits per heavy atom. The fraction of sp³-hybridized carbons (Fsp3) is 0.636. The van der Waals surface area contributed by atoms with E-state index < -0.39 is 0 Å². The third kappa shape index (κ3) is 3.02. The summed E-state index contributed by atoms with van der Waals surface area (Å²) in [5, 5.41) is 0. The Hall–Kier alpha value is -0.900. The predicted molar refractivity (Wildman–Crippen MR) is 65.0 cm³/mol. The molecule has 0 radical (unpaired) electrons. The Labute approximate surface area is 95.9 Å². The van der Waals surface area contributed by atoms with Gasteiger partial charge in [0.15, 0.2) is 0 Å². The Morgan fingerprint density at radius 2 is 2.47 bits per heavy atom. The third-order valence-corrected chi connectivity index (χ3v) is 3.21. The summed E-state index contributed by atoms with van der Waals surface area (Å²) in [5.41, 5.74) is 4.12. The highest BCUT2D eigenvalue weighted by atomic mass is 32.1. The van der Waals surface area contributed by atoms with Crippen LogP contribution in [0, 0.1) is 12.8 Å². The summed E-state index contributed by atoms with van der Waals surface area (Å²) >= 11 is 5.02. The number of hydrogen-bond donors (Lipinski definition) is 1. The molecule has 4 heteroatoms. The van der Waals surface area contributed by atoms with Crippen molar-refractivity contribution in [2.24, 2.45) is 5.92 Å². The van der Waals surface area contributed by atoms with E-state index in [-0.39, 0.29) is 0 Å². The lowest BCUT2D eigenvalue weighted by molar-refractivity contribution is 0.418. The van der Waals surface area contributed by atoms with Crippen molar-refractivity contribution in [2.75, 3.05) is 13.1 Å². The Balaban J connectivity index is 1.79. The van der Waals surface area contributed by atoms with Crippen molar-refractivity contribution in [3.63, 3.8) is 0 Å². The molecule has 2 rings (SSSR count). The van der Waals surface area contributed by atoms with E-state index in [1.54, 1.807) is 11.8 Å². The summed E-state index contributed by atoms with van der Waals surface area (Å²) < 4.78 is 0. The van der Waals surface area contributed by atoms with Crippen LogP contribution in [0.1, 0.15) is 24.2 Å². The Kier molecular flexibility index (Phi) is 3.36. The first-order chi connectivity index (χ1) is 7.29. The molecule has 0 amide bonds.